The first-order chi connectivity index (χ1) is 17.1. The van der Waals surface area contributed by atoms with E-state index in [2.05, 4.69) is 4.98 Å². The second kappa shape index (κ2) is 8.26. The Morgan fingerprint density at radius 1 is 0.889 bits per heavy atom. The zero-order valence-electron chi connectivity index (χ0n) is 18.9. The van der Waals surface area contributed by atoms with Gasteiger partial charge in [-0.2, -0.15) is 13.2 Å². The molecule has 2 heterocycles. The molecule has 0 aliphatic carbocycles. The Kier molecular flexibility index (Phi) is 5.31. The number of carbonyl (C=O) groups is 2. The number of carbonyl (C=O) groups excluding carboxylic acids is 2. The third-order valence-electron chi connectivity index (χ3n) is 5.85. The van der Waals surface area contributed by atoms with Gasteiger partial charge >= 0.3 is 6.18 Å². The number of methoxy groups -OCH3 is 1. The Bertz CT molecular complexity index is 1590. The average Bonchev–Trinajstić information content (AvgIpc) is 3.08. The van der Waals surface area contributed by atoms with Gasteiger partial charge in [0.25, 0.3) is 11.8 Å². The fraction of sp³-hybridized carbons (Fsp3) is 0.115. The second-order valence-electron chi connectivity index (χ2n) is 8.11. The van der Waals surface area contributed by atoms with Crippen LogP contribution in [-0.2, 0) is 6.18 Å². The summed E-state index contributed by atoms with van der Waals surface area (Å²) in [5, 5.41) is 0.262. The number of benzene rings is 3. The predicted octanol–water partition coefficient (Wildman–Crippen LogP) is 5.46. The van der Waals surface area contributed by atoms with Gasteiger partial charge in [-0.1, -0.05) is 18.2 Å². The number of amides is 2. The van der Waals surface area contributed by atoms with Crippen LogP contribution in [0, 0.1) is 6.92 Å². The van der Waals surface area contributed by atoms with Crippen LogP contribution < -0.4 is 19.9 Å². The van der Waals surface area contributed by atoms with Crippen molar-refractivity contribution < 1.29 is 32.2 Å². The molecule has 0 radical (unpaired) electrons. The van der Waals surface area contributed by atoms with Crippen molar-refractivity contribution in [2.45, 2.75) is 13.1 Å². The highest BCUT2D eigenvalue weighted by atomic mass is 19.4. The molecule has 7 nitrogen and oxygen atoms in total. The van der Waals surface area contributed by atoms with Crippen molar-refractivity contribution in [2.75, 3.05) is 12.0 Å². The van der Waals surface area contributed by atoms with Gasteiger partial charge in [0.2, 0.25) is 5.56 Å². The zero-order chi connectivity index (χ0) is 25.8. The molecule has 3 aromatic carbocycles. The van der Waals surface area contributed by atoms with Gasteiger partial charge in [0, 0.05) is 17.5 Å². The number of H-pyrrole nitrogens is 1. The smallest absolute Gasteiger partial charge is 0.416 e. The number of ether oxygens (including phenoxy) is 2. The highest BCUT2D eigenvalue weighted by Crippen LogP contribution is 2.46. The number of nitrogens with one attached hydrogen (secondary N) is 1. The van der Waals surface area contributed by atoms with Gasteiger partial charge in [0.05, 0.1) is 35.0 Å². The summed E-state index contributed by atoms with van der Waals surface area (Å²) < 4.78 is 51.0. The Labute approximate surface area is 201 Å². The number of fused-ring (bicyclic) bond motifs is 2. The van der Waals surface area contributed by atoms with E-state index >= 15 is 0 Å². The number of hydrogen-bond acceptors (Lipinski definition) is 5. The average molecular weight is 494 g/mol. The molecule has 1 aliphatic rings. The number of nitrogens with zero attached hydrogens (tertiary/aromatic N) is 1. The van der Waals surface area contributed by atoms with E-state index in [1.807, 2.05) is 0 Å². The summed E-state index contributed by atoms with van der Waals surface area (Å²) in [6.45, 7) is 1.60. The lowest BCUT2D eigenvalue weighted by molar-refractivity contribution is -0.137. The third kappa shape index (κ3) is 3.67. The molecule has 1 aliphatic heterocycles. The van der Waals surface area contributed by atoms with Crippen molar-refractivity contribution >= 4 is 28.4 Å². The van der Waals surface area contributed by atoms with Crippen molar-refractivity contribution in [3.8, 4) is 17.2 Å². The van der Waals surface area contributed by atoms with E-state index in [1.165, 1.54) is 43.5 Å². The molecular formula is C26H17F3N2O5. The molecule has 0 atom stereocenters. The van der Waals surface area contributed by atoms with Gasteiger partial charge in [-0.15, -0.1) is 0 Å². The molecule has 2 amide bonds. The Morgan fingerprint density at radius 3 is 2.17 bits per heavy atom. The molecule has 182 valence electrons. The first-order valence-corrected chi connectivity index (χ1v) is 10.7. The summed E-state index contributed by atoms with van der Waals surface area (Å²) in [7, 11) is 1.31. The second-order valence-corrected chi connectivity index (χ2v) is 8.11. The molecule has 0 saturated carbocycles. The lowest BCUT2D eigenvalue weighted by Crippen LogP contribution is -2.30. The Morgan fingerprint density at radius 2 is 1.56 bits per heavy atom. The SMILES string of the molecule is COc1cc(N2C(=O)c3ccccc3C2=O)c2[nH]c(=O)cc(C)c2c1Oc1cccc(C(F)(F)F)c1. The van der Waals surface area contributed by atoms with Crippen LogP contribution in [0.15, 0.2) is 65.5 Å². The number of imide groups is 1. The van der Waals surface area contributed by atoms with Gasteiger partial charge in [0.1, 0.15) is 5.75 Å². The van der Waals surface area contributed by atoms with Crippen LogP contribution in [0.5, 0.6) is 17.2 Å². The van der Waals surface area contributed by atoms with E-state index in [0.29, 0.717) is 5.56 Å². The lowest BCUT2D eigenvalue weighted by atomic mass is 10.1. The summed E-state index contributed by atoms with van der Waals surface area (Å²) in [6, 6.07) is 13.2. The number of halogens is 3. The molecule has 5 rings (SSSR count). The molecule has 10 heteroatoms. The number of anilines is 1. The fourth-order valence-corrected chi connectivity index (χ4v) is 4.25. The summed E-state index contributed by atoms with van der Waals surface area (Å²) >= 11 is 0. The van der Waals surface area contributed by atoms with Gasteiger partial charge in [0.15, 0.2) is 11.5 Å². The van der Waals surface area contributed by atoms with E-state index in [1.54, 1.807) is 19.1 Å². The van der Waals surface area contributed by atoms with Crippen molar-refractivity contribution in [2.24, 2.45) is 0 Å². The van der Waals surface area contributed by atoms with Crippen LogP contribution in [0.25, 0.3) is 10.9 Å². The van der Waals surface area contributed by atoms with Crippen molar-refractivity contribution in [3.63, 3.8) is 0 Å². The number of aryl methyl sites for hydroxylation is 1. The summed E-state index contributed by atoms with van der Waals surface area (Å²) in [5.41, 5.74) is -0.470. The molecule has 0 spiro atoms. The number of aromatic amines is 1. The maximum atomic E-state index is 13.2. The highest BCUT2D eigenvalue weighted by Gasteiger charge is 2.38. The number of alkyl halides is 3. The molecule has 0 saturated heterocycles. The van der Waals surface area contributed by atoms with Crippen molar-refractivity contribution in [1.82, 2.24) is 4.98 Å². The summed E-state index contributed by atoms with van der Waals surface area (Å²) in [5.74, 6) is -1.24. The van der Waals surface area contributed by atoms with Crippen molar-refractivity contribution in [1.29, 1.82) is 0 Å². The number of pyridine rings is 1. The maximum absolute atomic E-state index is 13.2. The molecule has 0 bridgehead atoms. The van der Waals surface area contributed by atoms with Gasteiger partial charge in [-0.25, -0.2) is 4.90 Å². The van der Waals surface area contributed by atoms with Crippen LogP contribution >= 0.6 is 0 Å². The Hall–Kier alpha value is -4.60. The zero-order valence-corrected chi connectivity index (χ0v) is 18.9. The van der Waals surface area contributed by atoms with Crippen LogP contribution in [0.4, 0.5) is 18.9 Å². The third-order valence-corrected chi connectivity index (χ3v) is 5.85. The molecule has 36 heavy (non-hydrogen) atoms. The van der Waals surface area contributed by atoms with Gasteiger partial charge < -0.3 is 14.5 Å². The van der Waals surface area contributed by atoms with Crippen LogP contribution in [0.2, 0.25) is 0 Å². The molecular weight excluding hydrogens is 477 g/mol. The summed E-state index contributed by atoms with van der Waals surface area (Å²) in [6.07, 6.45) is -4.58. The molecule has 0 fully saturated rings. The Balaban J connectivity index is 1.74. The lowest BCUT2D eigenvalue weighted by Gasteiger charge is -2.21. The van der Waals surface area contributed by atoms with E-state index in [-0.39, 0.29) is 45.0 Å². The van der Waals surface area contributed by atoms with E-state index in [4.69, 9.17) is 9.47 Å². The minimum absolute atomic E-state index is 0.0148. The van der Waals surface area contributed by atoms with Gasteiger partial charge in [-0.3, -0.25) is 14.4 Å². The molecule has 1 N–H and O–H groups in total. The monoisotopic (exact) mass is 494 g/mol. The first-order valence-electron chi connectivity index (χ1n) is 10.7. The minimum atomic E-state index is -4.58. The largest absolute Gasteiger partial charge is 0.493 e. The van der Waals surface area contributed by atoms with E-state index in [9.17, 15) is 27.6 Å². The summed E-state index contributed by atoms with van der Waals surface area (Å²) in [4.78, 5) is 42.3. The van der Waals surface area contributed by atoms with Crippen molar-refractivity contribution in [3.05, 3.63) is 93.3 Å². The van der Waals surface area contributed by atoms with E-state index < -0.39 is 29.1 Å². The van der Waals surface area contributed by atoms with Crippen LogP contribution in [0.3, 0.4) is 0 Å². The predicted molar refractivity (Wildman–Crippen MR) is 125 cm³/mol. The topological polar surface area (TPSA) is 88.7 Å². The molecule has 4 aromatic rings. The number of rotatable bonds is 4. The quantitative estimate of drug-likeness (QED) is 0.381. The number of hydrogen-bond donors (Lipinski definition) is 1. The van der Waals surface area contributed by atoms with Gasteiger partial charge in [-0.05, 0) is 42.8 Å². The normalized spacial score (nSPS) is 13.3. The standard InChI is InChI=1S/C26H17F3N2O5/c1-13-10-20(32)30-22-18(31-24(33)16-8-3-4-9-17(16)25(31)34)12-19(35-2)23(21(13)22)36-15-7-5-6-14(11-15)26(27,28)29/h3-12H,1-2H3,(H,30,32). The van der Waals surface area contributed by atoms with E-state index in [0.717, 1.165) is 17.0 Å². The highest BCUT2D eigenvalue weighted by molar-refractivity contribution is 6.36. The molecule has 1 aromatic heterocycles. The fourth-order valence-electron chi connectivity index (χ4n) is 4.25. The minimum Gasteiger partial charge on any atom is -0.493 e. The number of aromatic nitrogens is 1. The maximum Gasteiger partial charge on any atom is 0.416 e. The van der Waals surface area contributed by atoms with Crippen LogP contribution in [0.1, 0.15) is 31.8 Å². The first kappa shape index (κ1) is 23.2. The molecule has 0 unspecified atom stereocenters. The van der Waals surface area contributed by atoms with Crippen LogP contribution in [-0.4, -0.2) is 23.9 Å².